The smallest absolute Gasteiger partial charge is 0.123 e. The van der Waals surface area contributed by atoms with Crippen molar-refractivity contribution >= 4 is 11.6 Å². The summed E-state index contributed by atoms with van der Waals surface area (Å²) in [5, 5.41) is 0.682. The van der Waals surface area contributed by atoms with Crippen LogP contribution < -0.4 is 15.2 Å². The first-order valence-corrected chi connectivity index (χ1v) is 6.76. The molecule has 1 atom stereocenters. The van der Waals surface area contributed by atoms with Gasteiger partial charge in [0.15, 0.2) is 0 Å². The summed E-state index contributed by atoms with van der Waals surface area (Å²) in [6.45, 7) is 2.40. The molecular weight excluding hydrogens is 274 g/mol. The lowest BCUT2D eigenvalue weighted by molar-refractivity contribution is 0.286. The van der Waals surface area contributed by atoms with Crippen LogP contribution in [0.15, 0.2) is 42.5 Å². The second-order valence-electron chi connectivity index (χ2n) is 4.62. The van der Waals surface area contributed by atoms with Crippen LogP contribution in [-0.2, 0) is 0 Å². The van der Waals surface area contributed by atoms with E-state index >= 15 is 0 Å². The molecule has 1 unspecified atom stereocenters. The topological polar surface area (TPSA) is 44.5 Å². The molecule has 106 valence electrons. The normalized spacial score (nSPS) is 12.0. The maximum absolute atomic E-state index is 6.19. The molecule has 0 saturated carbocycles. The minimum Gasteiger partial charge on any atom is -0.496 e. The maximum Gasteiger partial charge on any atom is 0.123 e. The van der Waals surface area contributed by atoms with E-state index in [0.29, 0.717) is 11.6 Å². The van der Waals surface area contributed by atoms with Crippen molar-refractivity contribution in [2.45, 2.75) is 13.0 Å². The van der Waals surface area contributed by atoms with Gasteiger partial charge in [0.05, 0.1) is 13.2 Å². The molecule has 0 saturated heterocycles. The largest absolute Gasteiger partial charge is 0.496 e. The van der Waals surface area contributed by atoms with Gasteiger partial charge in [-0.15, -0.1) is 0 Å². The van der Waals surface area contributed by atoms with Gasteiger partial charge < -0.3 is 15.2 Å². The Morgan fingerprint density at radius 2 is 1.85 bits per heavy atom. The van der Waals surface area contributed by atoms with Crippen molar-refractivity contribution in [2.75, 3.05) is 13.7 Å². The lowest BCUT2D eigenvalue weighted by atomic mass is 10.0. The summed E-state index contributed by atoms with van der Waals surface area (Å²) in [6.07, 6.45) is 0. The fourth-order valence-corrected chi connectivity index (χ4v) is 2.08. The van der Waals surface area contributed by atoms with Gasteiger partial charge in [-0.3, -0.25) is 0 Å². The van der Waals surface area contributed by atoms with E-state index in [1.54, 1.807) is 19.2 Å². The third-order valence-electron chi connectivity index (χ3n) is 3.03. The summed E-state index contributed by atoms with van der Waals surface area (Å²) in [4.78, 5) is 0. The van der Waals surface area contributed by atoms with Crippen molar-refractivity contribution in [1.29, 1.82) is 0 Å². The predicted octanol–water partition coefficient (Wildman–Crippen LogP) is 3.74. The predicted molar refractivity (Wildman–Crippen MR) is 81.6 cm³/mol. The van der Waals surface area contributed by atoms with Gasteiger partial charge in [-0.2, -0.15) is 0 Å². The van der Waals surface area contributed by atoms with Gasteiger partial charge in [0, 0.05) is 10.6 Å². The molecule has 0 bridgehead atoms. The number of aryl methyl sites for hydroxylation is 1. The van der Waals surface area contributed by atoms with Crippen molar-refractivity contribution in [2.24, 2.45) is 5.73 Å². The Bertz CT molecular complexity index is 569. The Labute approximate surface area is 124 Å². The van der Waals surface area contributed by atoms with Crippen molar-refractivity contribution in [3.05, 3.63) is 58.6 Å². The summed E-state index contributed by atoms with van der Waals surface area (Å²) < 4.78 is 11.0. The van der Waals surface area contributed by atoms with Crippen molar-refractivity contribution in [1.82, 2.24) is 0 Å². The average molecular weight is 292 g/mol. The van der Waals surface area contributed by atoms with E-state index in [1.165, 1.54) is 0 Å². The van der Waals surface area contributed by atoms with Crippen LogP contribution >= 0.6 is 11.6 Å². The highest BCUT2D eigenvalue weighted by Crippen LogP contribution is 2.26. The van der Waals surface area contributed by atoms with Gasteiger partial charge in [-0.1, -0.05) is 29.3 Å². The highest BCUT2D eigenvalue weighted by atomic mass is 35.5. The molecule has 0 fully saturated rings. The molecule has 2 N–H and O–H groups in total. The van der Waals surface area contributed by atoms with Crippen LogP contribution in [0.3, 0.4) is 0 Å². The van der Waals surface area contributed by atoms with Crippen LogP contribution in [-0.4, -0.2) is 13.7 Å². The number of hydrogen-bond donors (Lipinski definition) is 1. The molecule has 2 aromatic rings. The number of hydrogen-bond acceptors (Lipinski definition) is 3. The van der Waals surface area contributed by atoms with E-state index in [4.69, 9.17) is 26.8 Å². The minimum atomic E-state index is -0.250. The summed E-state index contributed by atoms with van der Waals surface area (Å²) in [5.74, 6) is 1.53. The number of nitrogens with two attached hydrogens (primary N) is 1. The first-order chi connectivity index (χ1) is 9.60. The fourth-order valence-electron chi connectivity index (χ4n) is 1.95. The molecule has 0 aliphatic carbocycles. The van der Waals surface area contributed by atoms with Crippen molar-refractivity contribution in [3.8, 4) is 11.5 Å². The average Bonchev–Trinajstić information content (AvgIpc) is 2.46. The number of halogens is 1. The van der Waals surface area contributed by atoms with Crippen LogP contribution in [0.1, 0.15) is 17.2 Å². The maximum atomic E-state index is 6.19. The van der Waals surface area contributed by atoms with E-state index < -0.39 is 0 Å². The van der Waals surface area contributed by atoms with Gasteiger partial charge in [0.25, 0.3) is 0 Å². The first-order valence-electron chi connectivity index (χ1n) is 6.38. The van der Waals surface area contributed by atoms with Gasteiger partial charge in [-0.05, 0) is 37.3 Å². The molecular formula is C16H18ClNO2. The van der Waals surface area contributed by atoms with Crippen molar-refractivity contribution in [3.63, 3.8) is 0 Å². The number of rotatable bonds is 5. The SMILES string of the molecule is COc1ccc(C)cc1C(N)COc1ccc(Cl)cc1. The van der Waals surface area contributed by atoms with E-state index in [2.05, 4.69) is 0 Å². The van der Waals surface area contributed by atoms with Crippen LogP contribution in [0.4, 0.5) is 0 Å². The highest BCUT2D eigenvalue weighted by Gasteiger charge is 2.13. The number of methoxy groups -OCH3 is 1. The van der Waals surface area contributed by atoms with E-state index in [9.17, 15) is 0 Å². The van der Waals surface area contributed by atoms with Crippen LogP contribution in [0.5, 0.6) is 11.5 Å². The Kier molecular flexibility index (Phi) is 4.88. The third-order valence-corrected chi connectivity index (χ3v) is 3.28. The molecule has 0 aliphatic rings. The summed E-state index contributed by atoms with van der Waals surface area (Å²) >= 11 is 5.83. The number of ether oxygens (including phenoxy) is 2. The number of benzene rings is 2. The van der Waals surface area contributed by atoms with Gasteiger partial charge in [0.1, 0.15) is 18.1 Å². The molecule has 0 aromatic heterocycles. The molecule has 20 heavy (non-hydrogen) atoms. The molecule has 0 amide bonds. The lowest BCUT2D eigenvalue weighted by Gasteiger charge is -2.17. The van der Waals surface area contributed by atoms with Crippen LogP contribution in [0.2, 0.25) is 5.02 Å². The Morgan fingerprint density at radius 3 is 2.50 bits per heavy atom. The monoisotopic (exact) mass is 291 g/mol. The Morgan fingerprint density at radius 1 is 1.15 bits per heavy atom. The molecule has 4 heteroatoms. The van der Waals surface area contributed by atoms with Crippen LogP contribution in [0.25, 0.3) is 0 Å². The van der Waals surface area contributed by atoms with E-state index in [0.717, 1.165) is 22.6 Å². The molecule has 0 heterocycles. The Balaban J connectivity index is 2.06. The van der Waals surface area contributed by atoms with Gasteiger partial charge in [-0.25, -0.2) is 0 Å². The second kappa shape index (κ2) is 6.64. The summed E-state index contributed by atoms with van der Waals surface area (Å²) in [7, 11) is 1.64. The quantitative estimate of drug-likeness (QED) is 0.913. The van der Waals surface area contributed by atoms with Crippen LogP contribution in [0, 0.1) is 6.92 Å². The molecule has 2 rings (SSSR count). The van der Waals surface area contributed by atoms with E-state index in [1.807, 2.05) is 37.3 Å². The molecule has 2 aromatic carbocycles. The minimum absolute atomic E-state index is 0.250. The first kappa shape index (κ1) is 14.7. The molecule has 3 nitrogen and oxygen atoms in total. The Hall–Kier alpha value is -1.71. The third kappa shape index (κ3) is 3.65. The van der Waals surface area contributed by atoms with E-state index in [-0.39, 0.29) is 6.04 Å². The zero-order chi connectivity index (χ0) is 14.5. The lowest BCUT2D eigenvalue weighted by Crippen LogP contribution is -2.19. The second-order valence-corrected chi connectivity index (χ2v) is 5.05. The highest BCUT2D eigenvalue weighted by molar-refractivity contribution is 6.30. The van der Waals surface area contributed by atoms with Gasteiger partial charge >= 0.3 is 0 Å². The summed E-state index contributed by atoms with van der Waals surface area (Å²) in [5.41, 5.74) is 8.27. The zero-order valence-electron chi connectivity index (χ0n) is 11.6. The van der Waals surface area contributed by atoms with Gasteiger partial charge in [0.2, 0.25) is 0 Å². The molecule has 0 aliphatic heterocycles. The van der Waals surface area contributed by atoms with Crippen molar-refractivity contribution < 1.29 is 9.47 Å². The molecule has 0 radical (unpaired) electrons. The standard InChI is InChI=1S/C16H18ClNO2/c1-11-3-8-16(19-2)14(9-11)15(18)10-20-13-6-4-12(17)5-7-13/h3-9,15H,10,18H2,1-2H3. The molecule has 0 spiro atoms. The zero-order valence-corrected chi connectivity index (χ0v) is 12.4. The summed E-state index contributed by atoms with van der Waals surface area (Å²) in [6, 6.07) is 12.9. The fraction of sp³-hybridized carbons (Fsp3) is 0.250.